The molecule has 0 fully saturated rings. The Labute approximate surface area is 231 Å². The summed E-state index contributed by atoms with van der Waals surface area (Å²) in [6.45, 7) is 11.4. The van der Waals surface area contributed by atoms with Crippen molar-refractivity contribution in [2.24, 2.45) is 17.6 Å². The van der Waals surface area contributed by atoms with Gasteiger partial charge in [-0.15, -0.1) is 0 Å². The summed E-state index contributed by atoms with van der Waals surface area (Å²) in [6.07, 6.45) is 1.09. The van der Waals surface area contributed by atoms with E-state index in [1.807, 2.05) is 34.6 Å². The summed E-state index contributed by atoms with van der Waals surface area (Å²) >= 11 is 0. The fraction of sp³-hybridized carbons (Fsp3) is 0.655. The van der Waals surface area contributed by atoms with E-state index in [0.717, 1.165) is 0 Å². The molecule has 0 amide bonds. The van der Waals surface area contributed by atoms with Gasteiger partial charge in [-0.2, -0.15) is 0 Å². The Balaban J connectivity index is 3.12. The molecule has 2 N–H and O–H groups in total. The molecule has 1 aromatic rings. The standard InChI is InChI=1S/C29H45NO9/c1-8-21(6)37-28(34)36-16-15-29(30,27(33)35-7)18-22-11-12-23(38-25(31)13-9-19(2)3)24(17-22)39-26(32)14-10-20(4)5/h11-12,17,19-21H,8-10,13-16,18,30H2,1-7H3/t21-,29+/m0/s1. The average Bonchev–Trinajstić information content (AvgIpc) is 2.87. The van der Waals surface area contributed by atoms with Crippen LogP contribution in [0.15, 0.2) is 18.2 Å². The van der Waals surface area contributed by atoms with Crippen molar-refractivity contribution >= 4 is 24.1 Å². The number of rotatable bonds is 16. The van der Waals surface area contributed by atoms with Gasteiger partial charge < -0.3 is 29.4 Å². The van der Waals surface area contributed by atoms with Crippen molar-refractivity contribution in [1.82, 2.24) is 0 Å². The summed E-state index contributed by atoms with van der Waals surface area (Å²) in [5.41, 5.74) is 5.39. The summed E-state index contributed by atoms with van der Waals surface area (Å²) in [5.74, 6) is -0.839. The Morgan fingerprint density at radius 1 is 0.897 bits per heavy atom. The smallest absolute Gasteiger partial charge is 0.468 e. The zero-order valence-electron chi connectivity index (χ0n) is 24.4. The molecule has 10 heteroatoms. The van der Waals surface area contributed by atoms with Crippen LogP contribution in [0.3, 0.4) is 0 Å². The zero-order chi connectivity index (χ0) is 29.6. The molecule has 2 atom stereocenters. The van der Waals surface area contributed by atoms with Crippen LogP contribution < -0.4 is 15.2 Å². The lowest BCUT2D eigenvalue weighted by molar-refractivity contribution is -0.148. The van der Waals surface area contributed by atoms with E-state index in [-0.39, 0.29) is 49.9 Å². The molecule has 0 aromatic heterocycles. The van der Waals surface area contributed by atoms with Gasteiger partial charge in [0.25, 0.3) is 0 Å². The second-order valence-electron chi connectivity index (χ2n) is 10.6. The Morgan fingerprint density at radius 3 is 1.97 bits per heavy atom. The van der Waals surface area contributed by atoms with E-state index in [0.29, 0.717) is 36.7 Å². The van der Waals surface area contributed by atoms with Crippen molar-refractivity contribution in [2.45, 2.75) is 98.1 Å². The lowest BCUT2D eigenvalue weighted by atomic mass is 9.88. The Kier molecular flexibility index (Phi) is 14.5. The lowest BCUT2D eigenvalue weighted by Crippen LogP contribution is -2.51. The van der Waals surface area contributed by atoms with Crippen molar-refractivity contribution in [3.63, 3.8) is 0 Å². The van der Waals surface area contributed by atoms with Gasteiger partial charge in [0.1, 0.15) is 11.6 Å². The molecule has 1 rings (SSSR count). The molecule has 0 unspecified atom stereocenters. The van der Waals surface area contributed by atoms with Crippen LogP contribution in [-0.2, 0) is 35.0 Å². The summed E-state index contributed by atoms with van der Waals surface area (Å²) in [7, 11) is 1.21. The first-order chi connectivity index (χ1) is 18.3. The highest BCUT2D eigenvalue weighted by Gasteiger charge is 2.36. The molecule has 0 aliphatic heterocycles. The number of esters is 3. The first-order valence-corrected chi connectivity index (χ1v) is 13.5. The molecular weight excluding hydrogens is 506 g/mol. The summed E-state index contributed by atoms with van der Waals surface area (Å²) < 4.78 is 26.1. The van der Waals surface area contributed by atoms with Gasteiger partial charge in [0.2, 0.25) is 0 Å². The minimum Gasteiger partial charge on any atom is -0.468 e. The Hall–Kier alpha value is -3.14. The van der Waals surface area contributed by atoms with Gasteiger partial charge in [-0.05, 0) is 55.7 Å². The van der Waals surface area contributed by atoms with E-state index in [1.54, 1.807) is 13.0 Å². The molecule has 0 bridgehead atoms. The van der Waals surface area contributed by atoms with E-state index in [9.17, 15) is 19.2 Å². The zero-order valence-corrected chi connectivity index (χ0v) is 24.4. The van der Waals surface area contributed by atoms with Crippen LogP contribution in [-0.4, -0.2) is 49.4 Å². The first-order valence-electron chi connectivity index (χ1n) is 13.5. The van der Waals surface area contributed by atoms with Gasteiger partial charge in [0.15, 0.2) is 11.5 Å². The molecule has 10 nitrogen and oxygen atoms in total. The van der Waals surface area contributed by atoms with E-state index in [1.165, 1.54) is 19.2 Å². The van der Waals surface area contributed by atoms with Gasteiger partial charge >= 0.3 is 24.1 Å². The molecule has 39 heavy (non-hydrogen) atoms. The fourth-order valence-electron chi connectivity index (χ4n) is 3.42. The quantitative estimate of drug-likeness (QED) is 0.217. The number of hydrogen-bond donors (Lipinski definition) is 1. The van der Waals surface area contributed by atoms with Gasteiger partial charge in [-0.1, -0.05) is 40.7 Å². The second-order valence-corrected chi connectivity index (χ2v) is 10.6. The normalized spacial score (nSPS) is 13.4. The van der Waals surface area contributed by atoms with Crippen molar-refractivity contribution in [3.8, 4) is 11.5 Å². The summed E-state index contributed by atoms with van der Waals surface area (Å²) in [4.78, 5) is 49.3. The number of nitrogens with two attached hydrogens (primary N) is 1. The highest BCUT2D eigenvalue weighted by Crippen LogP contribution is 2.31. The van der Waals surface area contributed by atoms with Crippen LogP contribution in [0.25, 0.3) is 0 Å². The fourth-order valence-corrected chi connectivity index (χ4v) is 3.42. The monoisotopic (exact) mass is 551 g/mol. The number of hydrogen-bond acceptors (Lipinski definition) is 10. The topological polar surface area (TPSA) is 140 Å². The van der Waals surface area contributed by atoms with E-state index < -0.39 is 29.6 Å². The number of carbonyl (C=O) groups is 4. The Morgan fingerprint density at radius 2 is 1.46 bits per heavy atom. The van der Waals surface area contributed by atoms with Crippen LogP contribution in [0.1, 0.15) is 85.6 Å². The van der Waals surface area contributed by atoms with Crippen LogP contribution in [0.4, 0.5) is 4.79 Å². The third kappa shape index (κ3) is 13.0. The average molecular weight is 552 g/mol. The van der Waals surface area contributed by atoms with Gasteiger partial charge in [0, 0.05) is 25.7 Å². The highest BCUT2D eigenvalue weighted by atomic mass is 16.7. The first kappa shape index (κ1) is 33.9. The third-order valence-electron chi connectivity index (χ3n) is 6.06. The molecule has 0 saturated heterocycles. The SMILES string of the molecule is CC[C@H](C)OC(=O)OCC[C@@](N)(Cc1ccc(OC(=O)CCC(C)C)c(OC(=O)CCC(C)C)c1)C(=O)OC. The molecule has 0 aliphatic rings. The maximum atomic E-state index is 12.6. The molecule has 0 spiro atoms. The molecule has 0 aliphatic carbocycles. The van der Waals surface area contributed by atoms with E-state index >= 15 is 0 Å². The van der Waals surface area contributed by atoms with Crippen molar-refractivity contribution in [1.29, 1.82) is 0 Å². The van der Waals surface area contributed by atoms with Crippen LogP contribution in [0, 0.1) is 11.8 Å². The van der Waals surface area contributed by atoms with Gasteiger partial charge in [-0.25, -0.2) is 4.79 Å². The minimum absolute atomic E-state index is 0.0262. The summed E-state index contributed by atoms with van der Waals surface area (Å²) in [5, 5.41) is 0. The van der Waals surface area contributed by atoms with Crippen LogP contribution in [0.5, 0.6) is 11.5 Å². The minimum atomic E-state index is -1.56. The maximum Gasteiger partial charge on any atom is 0.508 e. The van der Waals surface area contributed by atoms with Gasteiger partial charge in [-0.3, -0.25) is 14.4 Å². The summed E-state index contributed by atoms with van der Waals surface area (Å²) in [6, 6.07) is 4.64. The molecular formula is C29H45NO9. The van der Waals surface area contributed by atoms with Gasteiger partial charge in [0.05, 0.1) is 13.7 Å². The number of methoxy groups -OCH3 is 1. The predicted octanol–water partition coefficient (Wildman–Crippen LogP) is 5.12. The number of carbonyl (C=O) groups excluding carboxylic acids is 4. The highest BCUT2D eigenvalue weighted by molar-refractivity contribution is 5.81. The number of benzene rings is 1. The maximum absolute atomic E-state index is 12.6. The molecule has 1 aromatic carbocycles. The van der Waals surface area contributed by atoms with E-state index in [4.69, 9.17) is 29.4 Å². The molecule has 220 valence electrons. The van der Waals surface area contributed by atoms with Crippen molar-refractivity contribution in [3.05, 3.63) is 23.8 Å². The van der Waals surface area contributed by atoms with Crippen molar-refractivity contribution in [2.75, 3.05) is 13.7 Å². The largest absolute Gasteiger partial charge is 0.508 e. The molecule has 0 saturated carbocycles. The molecule has 0 heterocycles. The van der Waals surface area contributed by atoms with E-state index in [2.05, 4.69) is 0 Å². The third-order valence-corrected chi connectivity index (χ3v) is 6.06. The number of ether oxygens (including phenoxy) is 5. The predicted molar refractivity (Wildman–Crippen MR) is 145 cm³/mol. The second kappa shape index (κ2) is 16.7. The van der Waals surface area contributed by atoms with Crippen LogP contribution >= 0.6 is 0 Å². The van der Waals surface area contributed by atoms with Crippen molar-refractivity contribution < 1.29 is 42.9 Å². The Bertz CT molecular complexity index is 960. The van der Waals surface area contributed by atoms with Crippen LogP contribution in [0.2, 0.25) is 0 Å². The lowest BCUT2D eigenvalue weighted by Gasteiger charge is -2.27. The molecule has 0 radical (unpaired) electrons.